The average Bonchev–Trinajstić information content (AvgIpc) is 3.15. The van der Waals surface area contributed by atoms with Gasteiger partial charge in [-0.2, -0.15) is 0 Å². The minimum absolute atomic E-state index is 0.0132. The quantitative estimate of drug-likeness (QED) is 0.0210. The maximum Gasteiger partial charge on any atom is 0.472 e. The zero-order valence-corrected chi connectivity index (χ0v) is 37.9. The number of rotatable bonds is 41. The number of phosphoric acid groups is 1. The molecule has 10 heteroatoms. The Labute approximate surface area is 345 Å². The van der Waals surface area contributed by atoms with Crippen LogP contribution in [0.5, 0.6) is 0 Å². The van der Waals surface area contributed by atoms with Crippen molar-refractivity contribution in [1.82, 2.24) is 5.32 Å². The summed E-state index contributed by atoms with van der Waals surface area (Å²) < 4.78 is 23.5. The van der Waals surface area contributed by atoms with E-state index in [2.05, 4.69) is 48.7 Å². The van der Waals surface area contributed by atoms with Gasteiger partial charge in [-0.25, -0.2) is 4.57 Å². The topological polar surface area (TPSA) is 125 Å². The van der Waals surface area contributed by atoms with E-state index in [1.165, 1.54) is 109 Å². The Kier molecular flexibility index (Phi) is 37.0. The van der Waals surface area contributed by atoms with Crippen molar-refractivity contribution in [3.05, 3.63) is 36.5 Å². The van der Waals surface area contributed by atoms with Crippen LogP contribution in [0.3, 0.4) is 0 Å². The van der Waals surface area contributed by atoms with Gasteiger partial charge in [0.1, 0.15) is 19.3 Å². The first kappa shape index (κ1) is 54.7. The minimum Gasteiger partial charge on any atom is -0.390 e. The zero-order chi connectivity index (χ0) is 41.6. The van der Waals surface area contributed by atoms with Crippen LogP contribution >= 0.6 is 7.82 Å². The molecule has 0 aromatic heterocycles. The fourth-order valence-corrected chi connectivity index (χ4v) is 7.33. The van der Waals surface area contributed by atoms with Crippen molar-refractivity contribution in [3.63, 3.8) is 0 Å². The van der Waals surface area contributed by atoms with Gasteiger partial charge in [0.25, 0.3) is 0 Å². The smallest absolute Gasteiger partial charge is 0.390 e. The predicted molar refractivity (Wildman–Crippen MR) is 237 cm³/mol. The lowest BCUT2D eigenvalue weighted by atomic mass is 10.0. The van der Waals surface area contributed by atoms with Crippen LogP contribution in [0.25, 0.3) is 0 Å². The highest BCUT2D eigenvalue weighted by atomic mass is 31.2. The molecule has 0 bridgehead atoms. The van der Waals surface area contributed by atoms with Gasteiger partial charge in [-0.3, -0.25) is 13.8 Å². The normalized spacial score (nSPS) is 15.2. The molecule has 0 saturated heterocycles. The van der Waals surface area contributed by atoms with Crippen molar-refractivity contribution in [1.29, 1.82) is 0 Å². The first-order valence-corrected chi connectivity index (χ1v) is 24.4. The second kappa shape index (κ2) is 37.9. The van der Waals surface area contributed by atoms with Crippen LogP contribution in [0, 0.1) is 0 Å². The molecule has 0 spiro atoms. The Morgan fingerprint density at radius 2 is 1.07 bits per heavy atom. The molecule has 0 saturated carbocycles. The van der Waals surface area contributed by atoms with E-state index in [-0.39, 0.29) is 18.9 Å². The van der Waals surface area contributed by atoms with E-state index in [4.69, 9.17) is 9.05 Å². The van der Waals surface area contributed by atoms with Gasteiger partial charge in [0.2, 0.25) is 5.91 Å². The van der Waals surface area contributed by atoms with Gasteiger partial charge >= 0.3 is 7.82 Å². The molecule has 0 aliphatic carbocycles. The van der Waals surface area contributed by atoms with Crippen LogP contribution in [-0.4, -0.2) is 84.6 Å². The van der Waals surface area contributed by atoms with Gasteiger partial charge in [0.05, 0.1) is 39.9 Å². The number of hydrogen-bond donors (Lipinski definition) is 4. The Balaban J connectivity index is 4.43. The molecule has 4 unspecified atom stereocenters. The Hall–Kier alpha value is -1.32. The van der Waals surface area contributed by atoms with Gasteiger partial charge in [-0.05, 0) is 58.3 Å². The number of nitrogens with zero attached hydrogens (tertiary/aromatic N) is 1. The van der Waals surface area contributed by atoms with Crippen LogP contribution in [0.2, 0.25) is 0 Å². The number of nitrogens with one attached hydrogen (secondary N) is 1. The van der Waals surface area contributed by atoms with Gasteiger partial charge in [-0.1, -0.05) is 165 Å². The fourth-order valence-electron chi connectivity index (χ4n) is 6.59. The first-order valence-electron chi connectivity index (χ1n) is 22.9. The molecule has 0 radical (unpaired) electrons. The summed E-state index contributed by atoms with van der Waals surface area (Å²) in [4.78, 5) is 23.2. The molecule has 4 N–H and O–H groups in total. The molecule has 0 rings (SSSR count). The number of unbranched alkanes of at least 4 members (excludes halogenated alkanes) is 22. The molecule has 0 aliphatic heterocycles. The standard InChI is InChI=1S/C46H89N2O7P/c1-6-8-10-12-14-16-18-20-21-22-23-24-25-26-27-29-31-33-35-37-39-45(50)47-43(42-55-56(52,53)54-41-40-48(3,4)5)46(51)44(49)38-36-34-32-30-28-19-17-15-13-11-9-7-2/h7,9,15,17,30,32,43-44,46,49,51H,6,8,10-14,16,18-29,31,33-42H2,1-5H3,(H-,47,50,52,53)/p+1/b9-7+,17-15+,32-30+. The minimum atomic E-state index is -4.42. The molecule has 9 nitrogen and oxygen atoms in total. The lowest BCUT2D eigenvalue weighted by Crippen LogP contribution is -2.51. The first-order chi connectivity index (χ1) is 26.9. The lowest BCUT2D eigenvalue weighted by Gasteiger charge is -2.28. The maximum atomic E-state index is 12.9. The number of amides is 1. The van der Waals surface area contributed by atoms with E-state index in [0.717, 1.165) is 51.4 Å². The third-order valence-electron chi connectivity index (χ3n) is 10.3. The van der Waals surface area contributed by atoms with Gasteiger partial charge < -0.3 is 24.9 Å². The van der Waals surface area contributed by atoms with Crippen LogP contribution in [0.1, 0.15) is 194 Å². The molecule has 0 aromatic carbocycles. The van der Waals surface area contributed by atoms with E-state index in [1.54, 1.807) is 0 Å². The summed E-state index contributed by atoms with van der Waals surface area (Å²) in [6, 6.07) is -1.06. The lowest BCUT2D eigenvalue weighted by molar-refractivity contribution is -0.870. The maximum absolute atomic E-state index is 12.9. The summed E-state index contributed by atoms with van der Waals surface area (Å²) in [5, 5.41) is 24.6. The number of allylic oxidation sites excluding steroid dienone is 6. The highest BCUT2D eigenvalue weighted by Crippen LogP contribution is 2.43. The average molecular weight is 814 g/mol. The second-order valence-corrected chi connectivity index (χ2v) is 18.4. The largest absolute Gasteiger partial charge is 0.472 e. The summed E-state index contributed by atoms with van der Waals surface area (Å²) in [6.45, 7) is 4.36. The fraction of sp³-hybridized carbons (Fsp3) is 0.848. The van der Waals surface area contributed by atoms with Crippen LogP contribution < -0.4 is 5.32 Å². The van der Waals surface area contributed by atoms with Crippen molar-refractivity contribution in [2.45, 2.75) is 212 Å². The Morgan fingerprint density at radius 1 is 0.643 bits per heavy atom. The highest BCUT2D eigenvalue weighted by Gasteiger charge is 2.31. The third-order valence-corrected chi connectivity index (χ3v) is 11.3. The number of likely N-dealkylation sites (N-methyl/N-ethyl adjacent to an activating group) is 1. The SMILES string of the molecule is C/C=C/CC/C=C/CC/C=C/CCCC(O)C(O)C(COP(=O)(O)OCC[N+](C)(C)C)NC(=O)CCCCCCCCCCCCCCCCCCCCCC. The van der Waals surface area contributed by atoms with Gasteiger partial charge in [0, 0.05) is 6.42 Å². The number of aliphatic hydroxyl groups is 2. The third kappa shape index (κ3) is 38.2. The number of carbonyl (C=O) groups excluding carboxylic acids is 1. The van der Waals surface area contributed by atoms with Crippen molar-refractivity contribution in [2.24, 2.45) is 0 Å². The van der Waals surface area contributed by atoms with Crippen molar-refractivity contribution >= 4 is 13.7 Å². The van der Waals surface area contributed by atoms with Gasteiger partial charge in [0.15, 0.2) is 0 Å². The number of carbonyl (C=O) groups is 1. The number of aliphatic hydroxyl groups excluding tert-OH is 2. The van der Waals surface area contributed by atoms with E-state index in [0.29, 0.717) is 23.9 Å². The molecule has 0 aliphatic rings. The van der Waals surface area contributed by atoms with Gasteiger partial charge in [-0.15, -0.1) is 0 Å². The molecular formula is C46H90N2O7P+. The summed E-state index contributed by atoms with van der Waals surface area (Å²) in [5.74, 6) is -0.273. The molecule has 330 valence electrons. The van der Waals surface area contributed by atoms with Crippen molar-refractivity contribution < 1.29 is 38.0 Å². The zero-order valence-electron chi connectivity index (χ0n) is 37.0. The van der Waals surface area contributed by atoms with Crippen molar-refractivity contribution in [3.8, 4) is 0 Å². The van der Waals surface area contributed by atoms with Crippen LogP contribution in [0.15, 0.2) is 36.5 Å². The monoisotopic (exact) mass is 814 g/mol. The number of hydrogen-bond acceptors (Lipinski definition) is 6. The van der Waals surface area contributed by atoms with Crippen LogP contribution in [0.4, 0.5) is 0 Å². The summed E-state index contributed by atoms with van der Waals surface area (Å²) >= 11 is 0. The Morgan fingerprint density at radius 3 is 1.52 bits per heavy atom. The predicted octanol–water partition coefficient (Wildman–Crippen LogP) is 11.7. The highest BCUT2D eigenvalue weighted by molar-refractivity contribution is 7.47. The molecule has 0 aromatic rings. The molecule has 0 fully saturated rings. The van der Waals surface area contributed by atoms with E-state index >= 15 is 0 Å². The number of quaternary nitrogens is 1. The van der Waals surface area contributed by atoms with Crippen molar-refractivity contribution in [2.75, 3.05) is 40.9 Å². The van der Waals surface area contributed by atoms with E-state index in [1.807, 2.05) is 28.1 Å². The summed E-state index contributed by atoms with van der Waals surface area (Å²) in [7, 11) is 1.41. The van der Waals surface area contributed by atoms with Crippen LogP contribution in [-0.2, 0) is 18.4 Å². The van der Waals surface area contributed by atoms with E-state index in [9.17, 15) is 24.5 Å². The summed E-state index contributed by atoms with van der Waals surface area (Å²) in [6.07, 6.45) is 42.3. The number of phosphoric ester groups is 1. The van der Waals surface area contributed by atoms with E-state index < -0.39 is 32.7 Å². The second-order valence-electron chi connectivity index (χ2n) is 16.9. The molecule has 1 amide bonds. The summed E-state index contributed by atoms with van der Waals surface area (Å²) in [5.41, 5.74) is 0. The molecular weight excluding hydrogens is 723 g/mol. The molecule has 56 heavy (non-hydrogen) atoms. The molecule has 4 atom stereocenters. The Bertz CT molecular complexity index is 1030. The molecule has 0 heterocycles.